The van der Waals surface area contributed by atoms with Crippen molar-refractivity contribution in [1.82, 2.24) is 9.80 Å². The lowest BCUT2D eigenvalue weighted by molar-refractivity contribution is -0.385. The smallest absolute Gasteiger partial charge is 0.350 e. The van der Waals surface area contributed by atoms with Gasteiger partial charge in [0.1, 0.15) is 11.3 Å². The highest BCUT2D eigenvalue weighted by Gasteiger charge is 2.36. The Hall–Kier alpha value is -6.11. The van der Waals surface area contributed by atoms with E-state index in [1.165, 1.54) is 25.3 Å². The highest BCUT2D eigenvalue weighted by atomic mass is 16.6. The van der Waals surface area contributed by atoms with Gasteiger partial charge in [-0.05, 0) is 116 Å². The van der Waals surface area contributed by atoms with Crippen molar-refractivity contribution in [1.29, 1.82) is 0 Å². The summed E-state index contributed by atoms with van der Waals surface area (Å²) in [5.74, 6) is 2.46. The number of para-hydroxylation sites is 1. The van der Waals surface area contributed by atoms with Crippen LogP contribution >= 0.6 is 0 Å². The molecule has 0 aromatic heterocycles. The van der Waals surface area contributed by atoms with E-state index in [4.69, 9.17) is 28.4 Å². The van der Waals surface area contributed by atoms with Gasteiger partial charge in [0.2, 0.25) is 5.75 Å². The average Bonchev–Trinajstić information content (AvgIpc) is 3.20. The zero-order chi connectivity index (χ0) is 39.1. The lowest BCUT2D eigenvalue weighted by Crippen LogP contribution is -2.34. The minimum Gasteiger partial charge on any atom is -0.493 e. The third-order valence-corrected chi connectivity index (χ3v) is 11.2. The first-order valence-corrected chi connectivity index (χ1v) is 18.6. The standard InChI is InChI=1S/C44H43N3O9/c1-45-18-16-28-23-37(52-4)39-25-32(28)34(45)20-26-10-13-30(14-11-26)54-38-22-27(12-15-36(38)51-3)21-35-41-29(17-19-46(35)2)24-40(53-5)42(43(41)55-39)56-44(48)31-8-6-7-9-33(31)47(49)50/h6-15,22-25,34-35H,16-21H2,1-5H3/t34-,35-/m0/s1. The summed E-state index contributed by atoms with van der Waals surface area (Å²) >= 11 is 0. The van der Waals surface area contributed by atoms with Crippen molar-refractivity contribution in [3.8, 4) is 46.0 Å². The SMILES string of the molecule is COc1ccc2cc1Oc1ccc(cc1)C[C@H]1c3cc(c(OC)cc3CCN1C)Oc1c(OC(=O)c3ccccc3[N+](=O)[O-])c(OC)cc3c1[C@H](C2)N(C)CC3. The van der Waals surface area contributed by atoms with Crippen LogP contribution in [0.25, 0.3) is 0 Å². The summed E-state index contributed by atoms with van der Waals surface area (Å²) in [6.45, 7) is 1.60. The van der Waals surface area contributed by atoms with Crippen LogP contribution in [0.2, 0.25) is 0 Å². The highest BCUT2D eigenvalue weighted by Crippen LogP contribution is 2.52. The van der Waals surface area contributed by atoms with Crippen molar-refractivity contribution in [2.45, 2.75) is 37.8 Å². The van der Waals surface area contributed by atoms with Gasteiger partial charge in [0, 0.05) is 36.8 Å². The number of carbonyl (C=O) groups is 1. The molecule has 0 radical (unpaired) electrons. The minimum absolute atomic E-state index is 0.0100. The van der Waals surface area contributed by atoms with Gasteiger partial charge in [0.15, 0.2) is 34.5 Å². The third-order valence-electron chi connectivity index (χ3n) is 11.2. The number of nitro groups is 1. The van der Waals surface area contributed by atoms with Gasteiger partial charge in [0.05, 0.1) is 26.3 Å². The molecule has 0 saturated carbocycles. The number of rotatable bonds is 6. The van der Waals surface area contributed by atoms with Gasteiger partial charge >= 0.3 is 5.97 Å². The van der Waals surface area contributed by atoms with Crippen LogP contribution in [-0.4, -0.2) is 69.2 Å². The number of likely N-dealkylation sites (N-methyl/N-ethyl adjacent to an activating group) is 2. The van der Waals surface area contributed by atoms with Crippen molar-refractivity contribution >= 4 is 11.7 Å². The Balaban J connectivity index is 1.37. The second-order valence-electron chi connectivity index (χ2n) is 14.4. The van der Waals surface area contributed by atoms with Crippen LogP contribution in [0.4, 0.5) is 5.69 Å². The van der Waals surface area contributed by atoms with Crippen LogP contribution in [0.15, 0.2) is 84.9 Å². The predicted octanol–water partition coefficient (Wildman–Crippen LogP) is 8.28. The summed E-state index contributed by atoms with van der Waals surface area (Å²) in [5.41, 5.74) is 5.55. The fourth-order valence-corrected chi connectivity index (χ4v) is 8.13. The summed E-state index contributed by atoms with van der Waals surface area (Å²) < 4.78 is 37.3. The molecule has 6 bridgehead atoms. The largest absolute Gasteiger partial charge is 0.493 e. The number of methoxy groups -OCH3 is 3. The summed E-state index contributed by atoms with van der Waals surface area (Å²) in [6.07, 6.45) is 2.74. The number of benzene rings is 5. The van der Waals surface area contributed by atoms with Crippen LogP contribution in [-0.2, 0) is 25.7 Å². The zero-order valence-electron chi connectivity index (χ0n) is 32.0. The maximum Gasteiger partial charge on any atom is 0.350 e. The molecule has 4 heterocycles. The molecule has 0 unspecified atom stereocenters. The number of hydrogen-bond acceptors (Lipinski definition) is 11. The maximum atomic E-state index is 14.0. The highest BCUT2D eigenvalue weighted by molar-refractivity contribution is 5.96. The van der Waals surface area contributed by atoms with Gasteiger partial charge in [-0.2, -0.15) is 0 Å². The molecular weight excluding hydrogens is 714 g/mol. The van der Waals surface area contributed by atoms with Crippen molar-refractivity contribution < 1.29 is 38.1 Å². The van der Waals surface area contributed by atoms with Gasteiger partial charge in [-0.3, -0.25) is 19.9 Å². The molecular formula is C44H43N3O9. The number of hydrogen-bond donors (Lipinski definition) is 0. The van der Waals surface area contributed by atoms with Gasteiger partial charge in [-0.25, -0.2) is 4.79 Å². The Morgan fingerprint density at radius 2 is 1.38 bits per heavy atom. The van der Waals surface area contributed by atoms with E-state index in [0.717, 1.165) is 59.3 Å². The van der Waals surface area contributed by atoms with Crippen LogP contribution in [0, 0.1) is 10.1 Å². The Labute approximate surface area is 325 Å². The fourth-order valence-electron chi connectivity index (χ4n) is 8.13. The number of nitrogens with zero attached hydrogens (tertiary/aromatic N) is 3. The van der Waals surface area contributed by atoms with Crippen molar-refractivity contribution in [2.24, 2.45) is 0 Å². The molecule has 9 rings (SSSR count). The first kappa shape index (κ1) is 36.8. The second-order valence-corrected chi connectivity index (χ2v) is 14.4. The fraction of sp³-hybridized carbons (Fsp3) is 0.295. The van der Waals surface area contributed by atoms with E-state index in [1.54, 1.807) is 20.3 Å². The van der Waals surface area contributed by atoms with E-state index in [0.29, 0.717) is 41.6 Å². The molecule has 4 aliphatic heterocycles. The molecule has 4 aliphatic rings. The monoisotopic (exact) mass is 757 g/mol. The molecule has 5 aromatic carbocycles. The molecule has 0 N–H and O–H groups in total. The summed E-state index contributed by atoms with van der Waals surface area (Å²) in [6, 6.07) is 25.5. The number of esters is 1. The Morgan fingerprint density at radius 1 is 0.732 bits per heavy atom. The molecule has 0 aliphatic carbocycles. The molecule has 12 heteroatoms. The first-order chi connectivity index (χ1) is 27.1. The van der Waals surface area contributed by atoms with Gasteiger partial charge < -0.3 is 28.4 Å². The lowest BCUT2D eigenvalue weighted by atomic mass is 9.87. The lowest BCUT2D eigenvalue weighted by Gasteiger charge is -2.37. The molecule has 56 heavy (non-hydrogen) atoms. The second kappa shape index (κ2) is 15.2. The Morgan fingerprint density at radius 3 is 2.11 bits per heavy atom. The quantitative estimate of drug-likeness (QED) is 0.0720. The van der Waals surface area contributed by atoms with E-state index in [2.05, 4.69) is 36.0 Å². The van der Waals surface area contributed by atoms with Gasteiger partial charge in [0.25, 0.3) is 5.69 Å². The van der Waals surface area contributed by atoms with E-state index >= 15 is 0 Å². The number of carbonyl (C=O) groups excluding carboxylic acids is 1. The predicted molar refractivity (Wildman–Crippen MR) is 209 cm³/mol. The van der Waals surface area contributed by atoms with E-state index in [1.807, 2.05) is 48.5 Å². The van der Waals surface area contributed by atoms with Gasteiger partial charge in [-0.15, -0.1) is 0 Å². The van der Waals surface area contributed by atoms with Crippen LogP contribution < -0.4 is 28.4 Å². The molecule has 0 spiro atoms. The van der Waals surface area contributed by atoms with Crippen molar-refractivity contribution in [3.63, 3.8) is 0 Å². The maximum absolute atomic E-state index is 14.0. The molecule has 0 saturated heterocycles. The summed E-state index contributed by atoms with van der Waals surface area (Å²) in [7, 11) is 8.90. The normalized spacial score (nSPS) is 17.7. The minimum atomic E-state index is -0.919. The van der Waals surface area contributed by atoms with Crippen molar-refractivity contribution in [3.05, 3.63) is 134 Å². The summed E-state index contributed by atoms with van der Waals surface area (Å²) in [5, 5.41) is 12.0. The van der Waals surface area contributed by atoms with E-state index in [-0.39, 0.29) is 40.6 Å². The molecule has 288 valence electrons. The molecule has 0 fully saturated rings. The third kappa shape index (κ3) is 6.86. The van der Waals surface area contributed by atoms with Crippen LogP contribution in [0.3, 0.4) is 0 Å². The van der Waals surface area contributed by atoms with E-state index < -0.39 is 10.9 Å². The molecule has 12 nitrogen and oxygen atoms in total. The van der Waals surface area contributed by atoms with Gasteiger partial charge in [-0.1, -0.05) is 30.3 Å². The van der Waals surface area contributed by atoms with Crippen LogP contribution in [0.5, 0.6) is 46.0 Å². The topological polar surface area (TPSA) is 122 Å². The Bertz CT molecular complexity index is 2330. The number of ether oxygens (including phenoxy) is 6. The summed E-state index contributed by atoms with van der Waals surface area (Å²) in [4.78, 5) is 30.0. The van der Waals surface area contributed by atoms with Crippen molar-refractivity contribution in [2.75, 3.05) is 48.5 Å². The van der Waals surface area contributed by atoms with E-state index in [9.17, 15) is 14.9 Å². The first-order valence-electron chi connectivity index (χ1n) is 18.6. The number of fused-ring (bicyclic) bond motifs is 2. The van der Waals surface area contributed by atoms with Crippen LogP contribution in [0.1, 0.15) is 55.8 Å². The average molecular weight is 758 g/mol. The zero-order valence-corrected chi connectivity index (χ0v) is 32.0. The Kier molecular flexibility index (Phi) is 10.0. The molecule has 5 aromatic rings. The molecule has 2 atom stereocenters. The molecule has 0 amide bonds. The number of nitro benzene ring substituents is 1.